The van der Waals surface area contributed by atoms with Crippen LogP contribution in [0.25, 0.3) is 0 Å². The molecule has 0 bridgehead atoms. The molecule has 0 fully saturated rings. The van der Waals surface area contributed by atoms with Crippen molar-refractivity contribution in [2.24, 2.45) is 0 Å². The number of benzene rings is 1. The minimum Gasteiger partial charge on any atom is -0.362 e. The van der Waals surface area contributed by atoms with Crippen LogP contribution in [0, 0.1) is 20.8 Å². The Balaban J connectivity index is 2.14. The van der Waals surface area contributed by atoms with Crippen LogP contribution < -0.4 is 10.6 Å². The number of hydrogen-bond donors (Lipinski definition) is 2. The molecule has 0 saturated carbocycles. The Morgan fingerprint density at radius 3 is 2.73 bits per heavy atom. The molecule has 5 heteroatoms. The largest absolute Gasteiger partial charge is 0.362 e. The summed E-state index contributed by atoms with van der Waals surface area (Å²) in [5.74, 6) is 0. The molecule has 0 amide bonds. The van der Waals surface area contributed by atoms with Gasteiger partial charge in [0.05, 0.1) is 23.6 Å². The summed E-state index contributed by atoms with van der Waals surface area (Å²) in [4.78, 5) is 0. The monoisotopic (exact) mass is 316 g/mol. The van der Waals surface area contributed by atoms with Crippen molar-refractivity contribution in [2.75, 3.05) is 11.9 Å². The minimum atomic E-state index is 0.656. The third-order valence-electron chi connectivity index (χ3n) is 3.57. The first-order valence-corrected chi connectivity index (χ1v) is 8.06. The van der Waals surface area contributed by atoms with Gasteiger partial charge in [0, 0.05) is 6.54 Å². The number of aryl methyl sites for hydroxylation is 2. The summed E-state index contributed by atoms with van der Waals surface area (Å²) in [6, 6.07) is 8.51. The molecule has 0 atom stereocenters. The third kappa shape index (κ3) is 4.07. The van der Waals surface area contributed by atoms with Gasteiger partial charge in [0.15, 0.2) is 5.11 Å². The smallest absolute Gasteiger partial charge is 0.170 e. The van der Waals surface area contributed by atoms with Crippen LogP contribution in [0.5, 0.6) is 0 Å². The maximum Gasteiger partial charge on any atom is 0.170 e. The van der Waals surface area contributed by atoms with E-state index in [2.05, 4.69) is 60.8 Å². The zero-order chi connectivity index (χ0) is 16.1. The van der Waals surface area contributed by atoms with Crippen LogP contribution in [0.1, 0.15) is 35.9 Å². The Morgan fingerprint density at radius 1 is 1.27 bits per heavy atom. The fourth-order valence-corrected chi connectivity index (χ4v) is 2.62. The van der Waals surface area contributed by atoms with Gasteiger partial charge in [-0.2, -0.15) is 5.10 Å². The number of aromatic nitrogens is 2. The summed E-state index contributed by atoms with van der Waals surface area (Å²) in [6.07, 6.45) is 1.05. The molecule has 2 rings (SSSR count). The average Bonchev–Trinajstić information content (AvgIpc) is 2.73. The Morgan fingerprint density at radius 2 is 2.05 bits per heavy atom. The number of thiocarbonyl (C=S) groups is 1. The highest BCUT2D eigenvalue weighted by Crippen LogP contribution is 2.20. The standard InChI is InChI=1S/C17H24N4S/c1-5-9-18-17(22)19-16-13(3)20-21(14(16)4)11-15-8-6-7-12(2)10-15/h6-8,10H,5,9,11H2,1-4H3,(H2,18,19,22). The highest BCUT2D eigenvalue weighted by molar-refractivity contribution is 7.80. The van der Waals surface area contributed by atoms with Crippen molar-refractivity contribution < 1.29 is 0 Å². The molecule has 2 aromatic rings. The SMILES string of the molecule is CCCNC(=S)Nc1c(C)nn(Cc2cccc(C)c2)c1C. The first-order chi connectivity index (χ1) is 10.5. The zero-order valence-corrected chi connectivity index (χ0v) is 14.5. The van der Waals surface area contributed by atoms with Crippen LogP contribution in [-0.4, -0.2) is 21.4 Å². The molecule has 0 unspecified atom stereocenters. The summed E-state index contributed by atoms with van der Waals surface area (Å²) >= 11 is 5.32. The number of nitrogens with one attached hydrogen (secondary N) is 2. The lowest BCUT2D eigenvalue weighted by molar-refractivity contribution is 0.659. The second kappa shape index (κ2) is 7.40. The van der Waals surface area contributed by atoms with Crippen LogP contribution in [0.3, 0.4) is 0 Å². The molecule has 0 saturated heterocycles. The van der Waals surface area contributed by atoms with Gasteiger partial charge in [0.2, 0.25) is 0 Å². The van der Waals surface area contributed by atoms with E-state index >= 15 is 0 Å². The molecule has 1 aromatic carbocycles. The van der Waals surface area contributed by atoms with Crippen molar-refractivity contribution >= 4 is 23.0 Å². The van der Waals surface area contributed by atoms with Gasteiger partial charge in [0.1, 0.15) is 0 Å². The second-order valence-corrected chi connectivity index (χ2v) is 5.98. The van der Waals surface area contributed by atoms with Crippen LogP contribution in [0.2, 0.25) is 0 Å². The highest BCUT2D eigenvalue weighted by Gasteiger charge is 2.12. The molecule has 0 radical (unpaired) electrons. The van der Waals surface area contributed by atoms with E-state index in [4.69, 9.17) is 12.2 Å². The molecular weight excluding hydrogens is 292 g/mol. The van der Waals surface area contributed by atoms with E-state index in [0.717, 1.165) is 36.6 Å². The van der Waals surface area contributed by atoms with Gasteiger partial charge in [-0.1, -0.05) is 36.8 Å². The molecule has 0 spiro atoms. The van der Waals surface area contributed by atoms with Gasteiger partial charge in [0.25, 0.3) is 0 Å². The highest BCUT2D eigenvalue weighted by atomic mass is 32.1. The van der Waals surface area contributed by atoms with Crippen LogP contribution >= 0.6 is 12.2 Å². The Hall–Kier alpha value is -1.88. The van der Waals surface area contributed by atoms with Gasteiger partial charge >= 0.3 is 0 Å². The topological polar surface area (TPSA) is 41.9 Å². The van der Waals surface area contributed by atoms with Crippen molar-refractivity contribution in [3.8, 4) is 0 Å². The van der Waals surface area contributed by atoms with Gasteiger partial charge in [-0.05, 0) is 45.0 Å². The Labute approximate surface area is 137 Å². The van der Waals surface area contributed by atoms with E-state index < -0.39 is 0 Å². The summed E-state index contributed by atoms with van der Waals surface area (Å²) in [6.45, 7) is 9.94. The number of hydrogen-bond acceptors (Lipinski definition) is 2. The van der Waals surface area contributed by atoms with Crippen molar-refractivity contribution in [1.82, 2.24) is 15.1 Å². The van der Waals surface area contributed by atoms with Crippen molar-refractivity contribution in [2.45, 2.75) is 40.7 Å². The minimum absolute atomic E-state index is 0.656. The number of anilines is 1. The third-order valence-corrected chi connectivity index (χ3v) is 3.82. The van der Waals surface area contributed by atoms with Crippen molar-refractivity contribution in [3.63, 3.8) is 0 Å². The van der Waals surface area contributed by atoms with Crippen LogP contribution in [0.4, 0.5) is 5.69 Å². The fraction of sp³-hybridized carbons (Fsp3) is 0.412. The van der Waals surface area contributed by atoms with Crippen LogP contribution in [-0.2, 0) is 6.54 Å². The molecule has 22 heavy (non-hydrogen) atoms. The van der Waals surface area contributed by atoms with Gasteiger partial charge in [-0.15, -0.1) is 0 Å². The molecule has 4 nitrogen and oxygen atoms in total. The van der Waals surface area contributed by atoms with Gasteiger partial charge < -0.3 is 10.6 Å². The van der Waals surface area contributed by atoms with E-state index in [0.29, 0.717) is 5.11 Å². The molecule has 2 N–H and O–H groups in total. The molecule has 118 valence electrons. The first kappa shape index (κ1) is 16.5. The van der Waals surface area contributed by atoms with Gasteiger partial charge in [-0.25, -0.2) is 0 Å². The Kier molecular flexibility index (Phi) is 5.55. The van der Waals surface area contributed by atoms with Gasteiger partial charge in [-0.3, -0.25) is 4.68 Å². The molecule has 1 heterocycles. The molecule has 0 aliphatic heterocycles. The summed E-state index contributed by atoms with van der Waals surface area (Å²) in [5, 5.41) is 11.7. The quantitative estimate of drug-likeness (QED) is 0.828. The molecule has 0 aliphatic rings. The molecule has 0 aliphatic carbocycles. The van der Waals surface area contributed by atoms with E-state index in [1.165, 1.54) is 11.1 Å². The first-order valence-electron chi connectivity index (χ1n) is 7.65. The maximum atomic E-state index is 5.32. The fourth-order valence-electron chi connectivity index (χ4n) is 2.41. The number of rotatable bonds is 5. The van der Waals surface area contributed by atoms with Crippen molar-refractivity contribution in [3.05, 3.63) is 46.8 Å². The van der Waals surface area contributed by atoms with E-state index in [1.807, 2.05) is 11.6 Å². The summed E-state index contributed by atoms with van der Waals surface area (Å²) in [5.41, 5.74) is 5.58. The second-order valence-electron chi connectivity index (χ2n) is 5.57. The van der Waals surface area contributed by atoms with E-state index in [9.17, 15) is 0 Å². The van der Waals surface area contributed by atoms with E-state index in [-0.39, 0.29) is 0 Å². The predicted molar refractivity (Wildman–Crippen MR) is 96.5 cm³/mol. The normalized spacial score (nSPS) is 10.5. The zero-order valence-electron chi connectivity index (χ0n) is 13.7. The molecular formula is C17H24N4S. The summed E-state index contributed by atoms with van der Waals surface area (Å²) in [7, 11) is 0. The number of nitrogens with zero attached hydrogens (tertiary/aromatic N) is 2. The van der Waals surface area contributed by atoms with Crippen LogP contribution in [0.15, 0.2) is 24.3 Å². The lowest BCUT2D eigenvalue weighted by atomic mass is 10.1. The predicted octanol–water partition coefficient (Wildman–Crippen LogP) is 3.55. The maximum absolute atomic E-state index is 5.32. The average molecular weight is 316 g/mol. The van der Waals surface area contributed by atoms with Crippen molar-refractivity contribution in [1.29, 1.82) is 0 Å². The molecule has 1 aromatic heterocycles. The van der Waals surface area contributed by atoms with E-state index in [1.54, 1.807) is 0 Å². The lowest BCUT2D eigenvalue weighted by Crippen LogP contribution is -2.29. The Bertz CT molecular complexity index is 661. The summed E-state index contributed by atoms with van der Waals surface area (Å²) < 4.78 is 2.02. The lowest BCUT2D eigenvalue weighted by Gasteiger charge is -2.10.